The maximum absolute atomic E-state index is 12.3. The largest absolute Gasteiger partial charge is 0.493 e. The summed E-state index contributed by atoms with van der Waals surface area (Å²) in [6, 6.07) is 10.6. The third-order valence-corrected chi connectivity index (χ3v) is 4.96. The molecule has 0 saturated heterocycles. The van der Waals surface area contributed by atoms with Crippen LogP contribution < -0.4 is 16.6 Å². The summed E-state index contributed by atoms with van der Waals surface area (Å²) in [5.41, 5.74) is -0.503. The molecule has 10 heteroatoms. The monoisotopic (exact) mass is 446 g/mol. The highest BCUT2D eigenvalue weighted by Crippen LogP contribution is 2.25. The van der Waals surface area contributed by atoms with Crippen LogP contribution in [-0.2, 0) is 6.42 Å². The van der Waals surface area contributed by atoms with Crippen molar-refractivity contribution in [2.75, 3.05) is 5.32 Å². The van der Waals surface area contributed by atoms with Gasteiger partial charge in [-0.05, 0) is 36.2 Å². The number of aromatic nitrogens is 2. The Labute approximate surface area is 180 Å². The molecule has 0 saturated carbocycles. The predicted molar refractivity (Wildman–Crippen MR) is 117 cm³/mol. The third-order valence-electron chi connectivity index (χ3n) is 4.22. The van der Waals surface area contributed by atoms with Gasteiger partial charge in [0.05, 0.1) is 21.9 Å². The standard InChI is InChI=1S/C20H16Cl2N4O4/c1-2-11-5-3-4-6-16(11)26-18(28)13(17(27)25-20(26)30)10-23-19(29)24-12-7-8-14(21)15(22)9-12/h3-10,28H,2H2,1H3,(H,24,29)(H,25,27,30). The van der Waals surface area contributed by atoms with E-state index in [9.17, 15) is 19.5 Å². The molecule has 0 bridgehead atoms. The number of halogens is 2. The number of H-pyrrole nitrogens is 1. The van der Waals surface area contributed by atoms with Crippen molar-refractivity contribution in [1.82, 2.24) is 9.55 Å². The lowest BCUT2D eigenvalue weighted by atomic mass is 10.1. The number of para-hydroxylation sites is 1. The Morgan fingerprint density at radius 1 is 1.20 bits per heavy atom. The Morgan fingerprint density at radius 3 is 2.63 bits per heavy atom. The summed E-state index contributed by atoms with van der Waals surface area (Å²) in [5, 5.41) is 13.6. The Bertz CT molecular complexity index is 1260. The highest BCUT2D eigenvalue weighted by atomic mass is 35.5. The van der Waals surface area contributed by atoms with E-state index in [1.165, 1.54) is 18.2 Å². The number of hydrogen-bond donors (Lipinski definition) is 3. The molecule has 0 aliphatic rings. The van der Waals surface area contributed by atoms with Gasteiger partial charge in [-0.2, -0.15) is 0 Å². The highest BCUT2D eigenvalue weighted by molar-refractivity contribution is 6.42. The number of hydrogen-bond acceptors (Lipinski definition) is 4. The van der Waals surface area contributed by atoms with E-state index in [2.05, 4.69) is 15.3 Å². The number of benzene rings is 2. The van der Waals surface area contributed by atoms with Gasteiger partial charge in [-0.3, -0.25) is 9.78 Å². The molecule has 2 aromatic carbocycles. The second kappa shape index (κ2) is 8.98. The zero-order valence-corrected chi connectivity index (χ0v) is 17.2. The summed E-state index contributed by atoms with van der Waals surface area (Å²) in [6.45, 7) is 1.89. The zero-order valence-electron chi connectivity index (χ0n) is 15.6. The molecule has 0 radical (unpaired) electrons. The van der Waals surface area contributed by atoms with E-state index in [-0.39, 0.29) is 10.6 Å². The first-order valence-corrected chi connectivity index (χ1v) is 9.54. The van der Waals surface area contributed by atoms with Gasteiger partial charge in [0.25, 0.3) is 5.56 Å². The number of nitrogens with zero attached hydrogens (tertiary/aromatic N) is 2. The van der Waals surface area contributed by atoms with Gasteiger partial charge in [-0.15, -0.1) is 0 Å². The van der Waals surface area contributed by atoms with Gasteiger partial charge in [0.15, 0.2) is 0 Å². The molecule has 1 aromatic heterocycles. The van der Waals surface area contributed by atoms with Crippen LogP contribution in [0.15, 0.2) is 57.0 Å². The summed E-state index contributed by atoms with van der Waals surface area (Å²) in [6.07, 6.45) is 1.47. The number of anilines is 1. The van der Waals surface area contributed by atoms with Crippen molar-refractivity contribution < 1.29 is 9.90 Å². The van der Waals surface area contributed by atoms with Crippen molar-refractivity contribution in [3.63, 3.8) is 0 Å². The summed E-state index contributed by atoms with van der Waals surface area (Å²) in [5.74, 6) is -0.629. The molecular weight excluding hydrogens is 431 g/mol. The fourth-order valence-corrected chi connectivity index (χ4v) is 3.06. The average molecular weight is 447 g/mol. The maximum Gasteiger partial charge on any atom is 0.345 e. The predicted octanol–water partition coefficient (Wildman–Crippen LogP) is 3.75. The number of aryl methyl sites for hydroxylation is 1. The molecule has 3 aromatic rings. The fraction of sp³-hybridized carbons (Fsp3) is 0.100. The molecule has 0 spiro atoms. The van der Waals surface area contributed by atoms with E-state index in [0.29, 0.717) is 22.8 Å². The summed E-state index contributed by atoms with van der Waals surface area (Å²) < 4.78 is 0.957. The van der Waals surface area contributed by atoms with Crippen LogP contribution in [0.25, 0.3) is 5.69 Å². The quantitative estimate of drug-likeness (QED) is 0.528. The van der Waals surface area contributed by atoms with Crippen LogP contribution in [0.3, 0.4) is 0 Å². The summed E-state index contributed by atoms with van der Waals surface area (Å²) in [4.78, 5) is 42.3. The van der Waals surface area contributed by atoms with E-state index in [0.717, 1.165) is 16.3 Å². The average Bonchev–Trinajstić information content (AvgIpc) is 2.70. The van der Waals surface area contributed by atoms with E-state index in [1.807, 2.05) is 6.92 Å². The molecule has 0 aliphatic carbocycles. The van der Waals surface area contributed by atoms with Crippen molar-refractivity contribution in [2.45, 2.75) is 13.3 Å². The fourth-order valence-electron chi connectivity index (χ4n) is 2.76. The van der Waals surface area contributed by atoms with Gasteiger partial charge in [-0.25, -0.2) is 19.1 Å². The van der Waals surface area contributed by atoms with Crippen molar-refractivity contribution in [2.24, 2.45) is 4.99 Å². The number of amides is 2. The summed E-state index contributed by atoms with van der Waals surface area (Å²) >= 11 is 11.7. The molecule has 2 amide bonds. The van der Waals surface area contributed by atoms with Crippen molar-refractivity contribution in [3.8, 4) is 11.6 Å². The van der Waals surface area contributed by atoms with Crippen LogP contribution in [0, 0.1) is 0 Å². The van der Waals surface area contributed by atoms with Crippen LogP contribution in [0.5, 0.6) is 5.88 Å². The molecule has 0 atom stereocenters. The number of aromatic amines is 1. The van der Waals surface area contributed by atoms with Gasteiger partial charge in [-0.1, -0.05) is 48.3 Å². The van der Waals surface area contributed by atoms with Gasteiger partial charge in [0.2, 0.25) is 5.88 Å². The van der Waals surface area contributed by atoms with Crippen molar-refractivity contribution >= 4 is 41.1 Å². The Kier molecular flexibility index (Phi) is 6.39. The van der Waals surface area contributed by atoms with Gasteiger partial charge in [0, 0.05) is 5.69 Å². The first-order valence-electron chi connectivity index (χ1n) is 8.78. The molecule has 30 heavy (non-hydrogen) atoms. The van der Waals surface area contributed by atoms with Crippen LogP contribution in [0.2, 0.25) is 10.0 Å². The SMILES string of the molecule is CCc1ccccc1-n1c(O)c(C=NC(=O)Nc2ccc(Cl)c(Cl)c2)c(=O)[nH]c1=O. The molecule has 8 nitrogen and oxygen atoms in total. The molecule has 1 heterocycles. The van der Waals surface area contributed by atoms with E-state index >= 15 is 0 Å². The summed E-state index contributed by atoms with van der Waals surface area (Å²) in [7, 11) is 0. The number of carbonyl (C=O) groups is 1. The van der Waals surface area contributed by atoms with Crippen LogP contribution >= 0.6 is 23.2 Å². The maximum atomic E-state index is 12.3. The van der Waals surface area contributed by atoms with E-state index < -0.39 is 23.2 Å². The van der Waals surface area contributed by atoms with Crippen LogP contribution in [-0.4, -0.2) is 26.9 Å². The smallest absolute Gasteiger partial charge is 0.345 e. The second-order valence-corrected chi connectivity index (χ2v) is 6.95. The van der Waals surface area contributed by atoms with Gasteiger partial charge < -0.3 is 10.4 Å². The molecule has 154 valence electrons. The van der Waals surface area contributed by atoms with Gasteiger partial charge in [0.1, 0.15) is 5.56 Å². The second-order valence-electron chi connectivity index (χ2n) is 6.13. The lowest BCUT2D eigenvalue weighted by molar-refractivity contribution is 0.259. The number of carbonyl (C=O) groups excluding carboxylic acids is 1. The Morgan fingerprint density at radius 2 is 1.93 bits per heavy atom. The molecule has 0 unspecified atom stereocenters. The first-order chi connectivity index (χ1) is 14.3. The molecule has 3 N–H and O–H groups in total. The first kappa shape index (κ1) is 21.4. The number of rotatable bonds is 4. The van der Waals surface area contributed by atoms with Gasteiger partial charge >= 0.3 is 11.7 Å². The topological polar surface area (TPSA) is 117 Å². The minimum absolute atomic E-state index is 0.245. The van der Waals surface area contributed by atoms with Crippen molar-refractivity contribution in [3.05, 3.63) is 84.5 Å². The lowest BCUT2D eigenvalue weighted by Gasteiger charge is -2.13. The van der Waals surface area contributed by atoms with Crippen LogP contribution in [0.4, 0.5) is 10.5 Å². The normalized spacial score (nSPS) is 11.0. The van der Waals surface area contributed by atoms with E-state index in [1.54, 1.807) is 24.3 Å². The Balaban J connectivity index is 1.96. The number of urea groups is 1. The number of nitrogens with one attached hydrogen (secondary N) is 2. The minimum atomic E-state index is -0.881. The molecule has 0 aliphatic heterocycles. The highest BCUT2D eigenvalue weighted by Gasteiger charge is 2.16. The molecular formula is C20H16Cl2N4O4. The van der Waals surface area contributed by atoms with Crippen molar-refractivity contribution in [1.29, 1.82) is 0 Å². The lowest BCUT2D eigenvalue weighted by Crippen LogP contribution is -2.32. The Hall–Kier alpha value is -3.36. The zero-order chi connectivity index (χ0) is 21.8. The minimum Gasteiger partial charge on any atom is -0.493 e. The van der Waals surface area contributed by atoms with Crippen LogP contribution in [0.1, 0.15) is 18.1 Å². The van der Waals surface area contributed by atoms with E-state index in [4.69, 9.17) is 23.2 Å². The molecule has 0 fully saturated rings. The molecule has 3 rings (SSSR count). The number of aliphatic imine (C=N–C) groups is 1. The third kappa shape index (κ3) is 4.45. The number of aromatic hydroxyl groups is 1.